The molecule has 0 radical (unpaired) electrons. The van der Waals surface area contributed by atoms with Crippen molar-refractivity contribution >= 4 is 33.5 Å². The Balaban J connectivity index is 2.20. The van der Waals surface area contributed by atoms with Crippen molar-refractivity contribution in [3.63, 3.8) is 0 Å². The van der Waals surface area contributed by atoms with Crippen molar-refractivity contribution in [2.75, 3.05) is 5.32 Å². The van der Waals surface area contributed by atoms with Gasteiger partial charge in [-0.3, -0.25) is 4.79 Å². The molecule has 2 aromatic rings. The smallest absolute Gasteiger partial charge is 0.339 e. The summed E-state index contributed by atoms with van der Waals surface area (Å²) in [5.41, 5.74) is -0.850. The van der Waals surface area contributed by atoms with Crippen molar-refractivity contribution in [1.29, 1.82) is 0 Å². The predicted octanol–water partition coefficient (Wildman–Crippen LogP) is 3.96. The second kappa shape index (κ2) is 7.14. The van der Waals surface area contributed by atoms with Crippen LogP contribution in [0.15, 0.2) is 40.9 Å². The SMILES string of the molecule is Cc1cc(NC(=O)C(C)(C)Oc2ccc(Br)cc2)cc(C(=O)O)c1O. The molecule has 25 heavy (non-hydrogen) atoms. The molecule has 0 heterocycles. The van der Waals surface area contributed by atoms with Gasteiger partial charge in [0.1, 0.15) is 17.1 Å². The zero-order valence-electron chi connectivity index (χ0n) is 14.0. The maximum atomic E-state index is 12.5. The number of carboxylic acid groups (broad SMARTS) is 1. The van der Waals surface area contributed by atoms with Crippen LogP contribution in [0.4, 0.5) is 5.69 Å². The van der Waals surface area contributed by atoms with Crippen LogP contribution in [-0.4, -0.2) is 27.7 Å². The second-order valence-electron chi connectivity index (χ2n) is 6.01. The van der Waals surface area contributed by atoms with Gasteiger partial charge in [-0.05, 0) is 62.7 Å². The van der Waals surface area contributed by atoms with Crippen LogP contribution in [0, 0.1) is 6.92 Å². The first-order valence-corrected chi connectivity index (χ1v) is 8.22. The molecule has 0 aliphatic heterocycles. The molecule has 0 bridgehead atoms. The van der Waals surface area contributed by atoms with Crippen LogP contribution in [0.5, 0.6) is 11.5 Å². The molecule has 3 N–H and O–H groups in total. The van der Waals surface area contributed by atoms with E-state index in [0.717, 1.165) is 4.47 Å². The Morgan fingerprint density at radius 1 is 1.16 bits per heavy atom. The number of anilines is 1. The predicted molar refractivity (Wildman–Crippen MR) is 97.3 cm³/mol. The Labute approximate surface area is 153 Å². The zero-order valence-corrected chi connectivity index (χ0v) is 15.5. The number of aromatic hydroxyl groups is 1. The third kappa shape index (κ3) is 4.51. The molecule has 7 heteroatoms. The highest BCUT2D eigenvalue weighted by molar-refractivity contribution is 9.10. The quantitative estimate of drug-likeness (QED) is 0.651. The second-order valence-corrected chi connectivity index (χ2v) is 6.93. The number of hydrogen-bond acceptors (Lipinski definition) is 4. The lowest BCUT2D eigenvalue weighted by Crippen LogP contribution is -2.42. The number of halogens is 1. The minimum Gasteiger partial charge on any atom is -0.507 e. The average Bonchev–Trinajstić information content (AvgIpc) is 2.52. The van der Waals surface area contributed by atoms with Gasteiger partial charge < -0.3 is 20.3 Å². The van der Waals surface area contributed by atoms with Crippen molar-refractivity contribution in [3.8, 4) is 11.5 Å². The van der Waals surface area contributed by atoms with E-state index in [1.165, 1.54) is 12.1 Å². The van der Waals surface area contributed by atoms with E-state index in [1.807, 2.05) is 0 Å². The van der Waals surface area contributed by atoms with E-state index in [1.54, 1.807) is 45.0 Å². The topological polar surface area (TPSA) is 95.9 Å². The van der Waals surface area contributed by atoms with Gasteiger partial charge in [0.25, 0.3) is 5.91 Å². The molecule has 0 saturated heterocycles. The summed E-state index contributed by atoms with van der Waals surface area (Å²) < 4.78 is 6.62. The van der Waals surface area contributed by atoms with Gasteiger partial charge in [0.2, 0.25) is 0 Å². The molecule has 0 unspecified atom stereocenters. The summed E-state index contributed by atoms with van der Waals surface area (Å²) in [5.74, 6) is -1.52. The summed E-state index contributed by atoms with van der Waals surface area (Å²) in [6, 6.07) is 9.75. The molecule has 6 nitrogen and oxygen atoms in total. The van der Waals surface area contributed by atoms with Crippen molar-refractivity contribution < 1.29 is 24.5 Å². The highest BCUT2D eigenvalue weighted by Crippen LogP contribution is 2.28. The standard InChI is InChI=1S/C18H18BrNO5/c1-10-8-12(9-14(15(10)21)16(22)23)20-17(24)18(2,3)25-13-6-4-11(19)5-7-13/h4-9,21H,1-3H3,(H,20,24)(H,22,23). The molecule has 0 atom stereocenters. The molecule has 0 saturated carbocycles. The molecular formula is C18H18BrNO5. The molecule has 0 spiro atoms. The van der Waals surface area contributed by atoms with Crippen LogP contribution in [-0.2, 0) is 4.79 Å². The van der Waals surface area contributed by atoms with Crippen LogP contribution < -0.4 is 10.1 Å². The maximum absolute atomic E-state index is 12.5. The van der Waals surface area contributed by atoms with Gasteiger partial charge in [-0.15, -0.1) is 0 Å². The van der Waals surface area contributed by atoms with E-state index < -0.39 is 17.5 Å². The van der Waals surface area contributed by atoms with Crippen LogP contribution in [0.25, 0.3) is 0 Å². The molecule has 0 aromatic heterocycles. The fourth-order valence-electron chi connectivity index (χ4n) is 2.14. The number of aromatic carboxylic acids is 1. The summed E-state index contributed by atoms with van der Waals surface area (Å²) in [6.07, 6.45) is 0. The number of carbonyl (C=O) groups excluding carboxylic acids is 1. The molecule has 132 valence electrons. The number of hydrogen-bond donors (Lipinski definition) is 3. The number of phenols is 1. The molecular weight excluding hydrogens is 390 g/mol. The molecule has 2 rings (SSSR count). The van der Waals surface area contributed by atoms with Gasteiger partial charge in [-0.2, -0.15) is 0 Å². The Bertz CT molecular complexity index is 815. The summed E-state index contributed by atoms with van der Waals surface area (Å²) in [7, 11) is 0. The minimum absolute atomic E-state index is 0.269. The van der Waals surface area contributed by atoms with Crippen LogP contribution >= 0.6 is 15.9 Å². The number of carbonyl (C=O) groups is 2. The fourth-order valence-corrected chi connectivity index (χ4v) is 2.40. The van der Waals surface area contributed by atoms with E-state index in [2.05, 4.69) is 21.2 Å². The molecule has 0 aliphatic carbocycles. The van der Waals surface area contributed by atoms with E-state index in [0.29, 0.717) is 11.3 Å². The largest absolute Gasteiger partial charge is 0.507 e. The average molecular weight is 408 g/mol. The van der Waals surface area contributed by atoms with E-state index in [-0.39, 0.29) is 17.0 Å². The van der Waals surface area contributed by atoms with E-state index in [4.69, 9.17) is 9.84 Å². The first kappa shape index (κ1) is 18.8. The molecule has 0 aliphatic rings. The number of ether oxygens (including phenoxy) is 1. The lowest BCUT2D eigenvalue weighted by Gasteiger charge is -2.25. The summed E-state index contributed by atoms with van der Waals surface area (Å²) >= 11 is 3.33. The highest BCUT2D eigenvalue weighted by atomic mass is 79.9. The number of benzene rings is 2. The molecule has 2 aromatic carbocycles. The third-order valence-electron chi connectivity index (χ3n) is 3.52. The van der Waals surface area contributed by atoms with Gasteiger partial charge in [-0.25, -0.2) is 4.79 Å². The molecule has 1 amide bonds. The van der Waals surface area contributed by atoms with Crippen molar-refractivity contribution in [1.82, 2.24) is 0 Å². The Kier molecular flexibility index (Phi) is 5.37. The monoisotopic (exact) mass is 407 g/mol. The maximum Gasteiger partial charge on any atom is 0.339 e. The zero-order chi connectivity index (χ0) is 18.8. The first-order valence-electron chi connectivity index (χ1n) is 7.43. The van der Waals surface area contributed by atoms with E-state index >= 15 is 0 Å². The van der Waals surface area contributed by atoms with Crippen molar-refractivity contribution in [2.24, 2.45) is 0 Å². The summed E-state index contributed by atoms with van der Waals surface area (Å²) in [6.45, 7) is 4.77. The lowest BCUT2D eigenvalue weighted by molar-refractivity contribution is -0.128. The van der Waals surface area contributed by atoms with Gasteiger partial charge in [0.15, 0.2) is 5.60 Å². The van der Waals surface area contributed by atoms with Gasteiger partial charge in [-0.1, -0.05) is 15.9 Å². The van der Waals surface area contributed by atoms with Gasteiger partial charge in [0.05, 0.1) is 0 Å². The number of rotatable bonds is 5. The number of nitrogens with one attached hydrogen (secondary N) is 1. The van der Waals surface area contributed by atoms with Crippen molar-refractivity contribution in [2.45, 2.75) is 26.4 Å². The third-order valence-corrected chi connectivity index (χ3v) is 4.05. The lowest BCUT2D eigenvalue weighted by atomic mass is 10.1. The number of carboxylic acids is 1. The first-order chi connectivity index (χ1) is 11.6. The fraction of sp³-hybridized carbons (Fsp3) is 0.222. The minimum atomic E-state index is -1.28. The molecule has 0 fully saturated rings. The van der Waals surface area contributed by atoms with Gasteiger partial charge in [0, 0.05) is 10.2 Å². The summed E-state index contributed by atoms with van der Waals surface area (Å²) in [5, 5.41) is 21.5. The Hall–Kier alpha value is -2.54. The van der Waals surface area contributed by atoms with Crippen LogP contribution in [0.2, 0.25) is 0 Å². The van der Waals surface area contributed by atoms with Crippen LogP contribution in [0.3, 0.4) is 0 Å². The van der Waals surface area contributed by atoms with Crippen molar-refractivity contribution in [3.05, 3.63) is 52.0 Å². The number of amides is 1. The normalized spacial score (nSPS) is 11.0. The van der Waals surface area contributed by atoms with E-state index in [9.17, 15) is 14.7 Å². The van der Waals surface area contributed by atoms with Gasteiger partial charge >= 0.3 is 5.97 Å². The Morgan fingerprint density at radius 2 is 1.76 bits per heavy atom. The summed E-state index contributed by atoms with van der Waals surface area (Å²) in [4.78, 5) is 23.7. The number of aryl methyl sites for hydroxylation is 1. The Morgan fingerprint density at radius 3 is 2.32 bits per heavy atom. The highest BCUT2D eigenvalue weighted by Gasteiger charge is 2.30. The van der Waals surface area contributed by atoms with Crippen LogP contribution in [0.1, 0.15) is 29.8 Å².